The Balaban J connectivity index is 1.74. The van der Waals surface area contributed by atoms with Crippen LogP contribution in [0.25, 0.3) is 0 Å². The van der Waals surface area contributed by atoms with Gasteiger partial charge in [0.25, 0.3) is 0 Å². The first-order valence-corrected chi connectivity index (χ1v) is 6.71. The summed E-state index contributed by atoms with van der Waals surface area (Å²) in [6.07, 6.45) is -0.468. The lowest BCUT2D eigenvalue weighted by Gasteiger charge is -2.09. The highest BCUT2D eigenvalue weighted by molar-refractivity contribution is 7.07. The van der Waals surface area contributed by atoms with Crippen LogP contribution in [0, 0.1) is 0 Å². The lowest BCUT2D eigenvalue weighted by Crippen LogP contribution is -2.20. The highest BCUT2D eigenvalue weighted by Gasteiger charge is 2.08. The lowest BCUT2D eigenvalue weighted by atomic mass is 10.2. The summed E-state index contributed by atoms with van der Waals surface area (Å²) in [4.78, 5) is 0. The highest BCUT2D eigenvalue weighted by atomic mass is 32.1. The molecule has 2 heterocycles. The first-order chi connectivity index (χ1) is 8.79. The Kier molecular flexibility index (Phi) is 4.95. The summed E-state index contributed by atoms with van der Waals surface area (Å²) in [5, 5.41) is 17.0. The van der Waals surface area contributed by atoms with E-state index in [9.17, 15) is 5.11 Å². The predicted molar refractivity (Wildman–Crippen MR) is 70.4 cm³/mol. The molecule has 0 bridgehead atoms. The highest BCUT2D eigenvalue weighted by Crippen LogP contribution is 2.15. The second kappa shape index (κ2) is 6.70. The normalized spacial score (nSPS) is 12.8. The van der Waals surface area contributed by atoms with Crippen LogP contribution in [0.4, 0.5) is 0 Å². The Morgan fingerprint density at radius 2 is 2.22 bits per heavy atom. The minimum absolute atomic E-state index is 0.468. The molecule has 0 aliphatic rings. The van der Waals surface area contributed by atoms with Crippen molar-refractivity contribution in [3.8, 4) is 0 Å². The average molecular weight is 267 g/mol. The molecular weight excluding hydrogens is 250 g/mol. The maximum absolute atomic E-state index is 9.87. The van der Waals surface area contributed by atoms with E-state index in [2.05, 4.69) is 5.32 Å². The van der Waals surface area contributed by atoms with Gasteiger partial charge in [-0.3, -0.25) is 0 Å². The predicted octanol–water partition coefficient (Wildman–Crippen LogP) is 2.31. The van der Waals surface area contributed by atoms with Crippen LogP contribution < -0.4 is 5.32 Å². The second-order valence-corrected chi connectivity index (χ2v) is 4.78. The number of rotatable bonds is 7. The molecule has 0 spiro atoms. The van der Waals surface area contributed by atoms with Gasteiger partial charge in [0.15, 0.2) is 0 Å². The number of furan rings is 1. The zero-order valence-electron chi connectivity index (χ0n) is 10.3. The monoisotopic (exact) mass is 267 g/mol. The van der Waals surface area contributed by atoms with Gasteiger partial charge in [-0.15, -0.1) is 0 Å². The first-order valence-electron chi connectivity index (χ1n) is 5.77. The van der Waals surface area contributed by atoms with Crippen LogP contribution in [-0.4, -0.2) is 18.8 Å². The van der Waals surface area contributed by atoms with E-state index >= 15 is 0 Å². The minimum atomic E-state index is -0.468. The molecule has 0 fully saturated rings. The molecule has 4 nitrogen and oxygen atoms in total. The summed E-state index contributed by atoms with van der Waals surface area (Å²) >= 11 is 1.59. The number of methoxy groups -OCH3 is 1. The molecule has 2 aromatic rings. The summed E-state index contributed by atoms with van der Waals surface area (Å²) in [6.45, 7) is 1.60. The van der Waals surface area contributed by atoms with Crippen molar-refractivity contribution in [2.24, 2.45) is 0 Å². The summed E-state index contributed by atoms with van der Waals surface area (Å²) < 4.78 is 10.5. The molecule has 0 aromatic carbocycles. The van der Waals surface area contributed by atoms with Crippen molar-refractivity contribution in [3.05, 3.63) is 46.0 Å². The Morgan fingerprint density at radius 3 is 2.94 bits per heavy atom. The average Bonchev–Trinajstić information content (AvgIpc) is 3.00. The summed E-state index contributed by atoms with van der Waals surface area (Å²) in [6, 6.07) is 5.74. The van der Waals surface area contributed by atoms with Gasteiger partial charge in [0.1, 0.15) is 18.1 Å². The number of ether oxygens (including phenoxy) is 1. The van der Waals surface area contributed by atoms with Gasteiger partial charge in [-0.2, -0.15) is 11.3 Å². The fraction of sp³-hybridized carbons (Fsp3) is 0.385. The fourth-order valence-corrected chi connectivity index (χ4v) is 2.36. The molecular formula is C13H17NO3S. The van der Waals surface area contributed by atoms with E-state index in [1.165, 1.54) is 0 Å². The molecule has 0 amide bonds. The molecule has 0 saturated carbocycles. The van der Waals surface area contributed by atoms with Crippen LogP contribution in [-0.2, 0) is 17.9 Å². The molecule has 0 radical (unpaired) electrons. The molecule has 1 atom stereocenters. The van der Waals surface area contributed by atoms with Gasteiger partial charge in [0.05, 0.1) is 12.6 Å². The summed E-state index contributed by atoms with van der Waals surface area (Å²) in [5.41, 5.74) is 0.951. The summed E-state index contributed by atoms with van der Waals surface area (Å²) in [5.74, 6) is 1.66. The van der Waals surface area contributed by atoms with Gasteiger partial charge in [-0.25, -0.2) is 0 Å². The van der Waals surface area contributed by atoms with Gasteiger partial charge in [-0.05, 0) is 34.5 Å². The zero-order chi connectivity index (χ0) is 12.8. The standard InChI is InChI=1S/C13H17NO3S/c1-16-8-12-3-2-11(17-12)6-14-7-13(15)10-4-5-18-9-10/h2-5,9,13-15H,6-8H2,1H3. The maximum atomic E-state index is 9.87. The fourth-order valence-electron chi connectivity index (χ4n) is 1.65. The van der Waals surface area contributed by atoms with Crippen LogP contribution in [0.15, 0.2) is 33.4 Å². The number of hydrogen-bond acceptors (Lipinski definition) is 5. The van der Waals surface area contributed by atoms with Crippen molar-refractivity contribution in [1.82, 2.24) is 5.32 Å². The van der Waals surface area contributed by atoms with Crippen LogP contribution in [0.3, 0.4) is 0 Å². The van der Waals surface area contributed by atoms with Gasteiger partial charge < -0.3 is 19.6 Å². The van der Waals surface area contributed by atoms with Gasteiger partial charge in [0.2, 0.25) is 0 Å². The molecule has 2 N–H and O–H groups in total. The number of nitrogens with one attached hydrogen (secondary N) is 1. The smallest absolute Gasteiger partial charge is 0.129 e. The van der Waals surface area contributed by atoms with Crippen LogP contribution >= 0.6 is 11.3 Å². The van der Waals surface area contributed by atoms with E-state index in [0.717, 1.165) is 17.1 Å². The topological polar surface area (TPSA) is 54.6 Å². The van der Waals surface area contributed by atoms with Gasteiger partial charge in [-0.1, -0.05) is 0 Å². The Morgan fingerprint density at radius 1 is 1.39 bits per heavy atom. The molecule has 2 aromatic heterocycles. The molecule has 0 aliphatic carbocycles. The van der Waals surface area contributed by atoms with Crippen LogP contribution in [0.5, 0.6) is 0 Å². The van der Waals surface area contributed by atoms with Crippen molar-refractivity contribution in [2.45, 2.75) is 19.3 Å². The number of aliphatic hydroxyl groups is 1. The lowest BCUT2D eigenvalue weighted by molar-refractivity contribution is 0.160. The molecule has 18 heavy (non-hydrogen) atoms. The second-order valence-electron chi connectivity index (χ2n) is 4.00. The number of hydrogen-bond donors (Lipinski definition) is 2. The van der Waals surface area contributed by atoms with Crippen molar-refractivity contribution < 1.29 is 14.3 Å². The SMILES string of the molecule is COCc1ccc(CNCC(O)c2ccsc2)o1. The van der Waals surface area contributed by atoms with Gasteiger partial charge >= 0.3 is 0 Å². The first kappa shape index (κ1) is 13.3. The maximum Gasteiger partial charge on any atom is 0.129 e. The van der Waals surface area contributed by atoms with Crippen molar-refractivity contribution in [2.75, 3.05) is 13.7 Å². The third-order valence-electron chi connectivity index (χ3n) is 2.57. The van der Waals surface area contributed by atoms with Crippen molar-refractivity contribution in [3.63, 3.8) is 0 Å². The Hall–Kier alpha value is -1.14. The quantitative estimate of drug-likeness (QED) is 0.808. The zero-order valence-corrected chi connectivity index (χ0v) is 11.1. The summed E-state index contributed by atoms with van der Waals surface area (Å²) in [7, 11) is 1.64. The molecule has 1 unspecified atom stereocenters. The number of thiophene rings is 1. The Labute approximate surface area is 110 Å². The third kappa shape index (κ3) is 3.68. The molecule has 98 valence electrons. The number of aliphatic hydroxyl groups excluding tert-OH is 1. The van der Waals surface area contributed by atoms with Crippen molar-refractivity contribution >= 4 is 11.3 Å². The van der Waals surface area contributed by atoms with Crippen LogP contribution in [0.1, 0.15) is 23.2 Å². The largest absolute Gasteiger partial charge is 0.462 e. The molecule has 0 saturated heterocycles. The van der Waals surface area contributed by atoms with E-state index in [1.807, 2.05) is 29.0 Å². The van der Waals surface area contributed by atoms with E-state index < -0.39 is 6.10 Å². The van der Waals surface area contributed by atoms with Crippen molar-refractivity contribution in [1.29, 1.82) is 0 Å². The van der Waals surface area contributed by atoms with Crippen LogP contribution in [0.2, 0.25) is 0 Å². The van der Waals surface area contributed by atoms with E-state index in [-0.39, 0.29) is 0 Å². The molecule has 2 rings (SSSR count). The van der Waals surface area contributed by atoms with E-state index in [0.29, 0.717) is 19.7 Å². The third-order valence-corrected chi connectivity index (χ3v) is 3.27. The van der Waals surface area contributed by atoms with E-state index in [4.69, 9.17) is 9.15 Å². The Bertz CT molecular complexity index is 453. The van der Waals surface area contributed by atoms with Gasteiger partial charge in [0, 0.05) is 13.7 Å². The minimum Gasteiger partial charge on any atom is -0.462 e. The van der Waals surface area contributed by atoms with E-state index in [1.54, 1.807) is 18.4 Å². The molecule has 0 aliphatic heterocycles. The molecule has 5 heteroatoms.